The lowest BCUT2D eigenvalue weighted by Gasteiger charge is -2.17. The van der Waals surface area contributed by atoms with Gasteiger partial charge in [0.05, 0.1) is 12.1 Å². The van der Waals surface area contributed by atoms with Gasteiger partial charge in [-0.2, -0.15) is 0 Å². The van der Waals surface area contributed by atoms with E-state index < -0.39 is 6.04 Å². The minimum Gasteiger partial charge on any atom is -0.348 e. The maximum absolute atomic E-state index is 11.7. The summed E-state index contributed by atoms with van der Waals surface area (Å²) >= 11 is 5.90. The summed E-state index contributed by atoms with van der Waals surface area (Å²) in [6.07, 6.45) is 1.61. The van der Waals surface area contributed by atoms with Crippen LogP contribution >= 0.6 is 11.6 Å². The molecule has 94 valence electrons. The predicted molar refractivity (Wildman–Crippen MR) is 70.9 cm³/mol. The summed E-state index contributed by atoms with van der Waals surface area (Å²) in [5.41, 5.74) is 6.73. The maximum Gasteiger partial charge on any atom is 0.237 e. The SMILES string of the molecule is CCCC(N)C(=O)N[C@H](C)c1cccc(Cl)c1. The molecule has 0 radical (unpaired) electrons. The molecule has 4 heteroatoms. The molecule has 3 nitrogen and oxygen atoms in total. The van der Waals surface area contributed by atoms with Crippen molar-refractivity contribution < 1.29 is 4.79 Å². The van der Waals surface area contributed by atoms with Crippen LogP contribution in [0.4, 0.5) is 0 Å². The van der Waals surface area contributed by atoms with E-state index in [9.17, 15) is 4.79 Å². The third-order valence-corrected chi connectivity index (χ3v) is 2.88. The Kier molecular flexibility index (Phi) is 5.45. The van der Waals surface area contributed by atoms with E-state index in [4.69, 9.17) is 17.3 Å². The molecule has 0 aromatic heterocycles. The van der Waals surface area contributed by atoms with E-state index in [2.05, 4.69) is 5.32 Å². The molecule has 0 heterocycles. The van der Waals surface area contributed by atoms with Gasteiger partial charge in [0.1, 0.15) is 0 Å². The fraction of sp³-hybridized carbons (Fsp3) is 0.462. The van der Waals surface area contributed by atoms with Crippen molar-refractivity contribution in [3.63, 3.8) is 0 Å². The van der Waals surface area contributed by atoms with Crippen molar-refractivity contribution in [3.05, 3.63) is 34.9 Å². The highest BCUT2D eigenvalue weighted by atomic mass is 35.5. The largest absolute Gasteiger partial charge is 0.348 e. The first-order valence-corrected chi connectivity index (χ1v) is 6.23. The van der Waals surface area contributed by atoms with Crippen LogP contribution in [0.2, 0.25) is 5.02 Å². The van der Waals surface area contributed by atoms with E-state index in [1.54, 1.807) is 0 Å². The van der Waals surface area contributed by atoms with Gasteiger partial charge in [0.2, 0.25) is 5.91 Å². The topological polar surface area (TPSA) is 55.1 Å². The second kappa shape index (κ2) is 6.62. The standard InChI is InChI=1S/C13H19ClN2O/c1-3-5-12(15)13(17)16-9(2)10-6-4-7-11(14)8-10/h4,6-9,12H,3,5,15H2,1-2H3,(H,16,17)/t9-,12?/m1/s1. The summed E-state index contributed by atoms with van der Waals surface area (Å²) in [5.74, 6) is -0.112. The van der Waals surface area contributed by atoms with E-state index in [0.717, 1.165) is 12.0 Å². The molecule has 0 bridgehead atoms. The van der Waals surface area contributed by atoms with E-state index in [0.29, 0.717) is 11.4 Å². The molecule has 0 aliphatic rings. The normalized spacial score (nSPS) is 14.1. The number of amides is 1. The minimum absolute atomic E-state index is 0.0795. The number of rotatable bonds is 5. The maximum atomic E-state index is 11.7. The molecule has 0 aliphatic carbocycles. The molecule has 1 aromatic carbocycles. The zero-order valence-corrected chi connectivity index (χ0v) is 11.0. The summed E-state index contributed by atoms with van der Waals surface area (Å²) in [6.45, 7) is 3.93. The van der Waals surface area contributed by atoms with Crippen LogP contribution in [-0.4, -0.2) is 11.9 Å². The monoisotopic (exact) mass is 254 g/mol. The van der Waals surface area contributed by atoms with Gasteiger partial charge in [-0.05, 0) is 31.0 Å². The van der Waals surface area contributed by atoms with Crippen LogP contribution in [-0.2, 0) is 4.79 Å². The predicted octanol–water partition coefficient (Wildman–Crippen LogP) is 2.64. The average molecular weight is 255 g/mol. The van der Waals surface area contributed by atoms with Gasteiger partial charge in [-0.25, -0.2) is 0 Å². The van der Waals surface area contributed by atoms with Crippen molar-refractivity contribution in [1.29, 1.82) is 0 Å². The van der Waals surface area contributed by atoms with E-state index in [-0.39, 0.29) is 11.9 Å². The molecule has 1 amide bonds. The highest BCUT2D eigenvalue weighted by Gasteiger charge is 2.15. The number of nitrogens with two attached hydrogens (primary N) is 1. The molecule has 1 rings (SSSR count). The molecular formula is C13H19ClN2O. The third kappa shape index (κ3) is 4.36. The quantitative estimate of drug-likeness (QED) is 0.849. The molecule has 3 N–H and O–H groups in total. The lowest BCUT2D eigenvalue weighted by Crippen LogP contribution is -2.41. The molecule has 1 unspecified atom stereocenters. The van der Waals surface area contributed by atoms with Crippen LogP contribution in [0.15, 0.2) is 24.3 Å². The smallest absolute Gasteiger partial charge is 0.237 e. The van der Waals surface area contributed by atoms with Gasteiger partial charge < -0.3 is 11.1 Å². The molecule has 1 aromatic rings. The first-order chi connectivity index (χ1) is 8.04. The minimum atomic E-state index is -0.429. The van der Waals surface area contributed by atoms with Gasteiger partial charge in [-0.1, -0.05) is 37.1 Å². The first kappa shape index (κ1) is 14.0. The van der Waals surface area contributed by atoms with Crippen molar-refractivity contribution in [2.45, 2.75) is 38.8 Å². The van der Waals surface area contributed by atoms with E-state index in [1.807, 2.05) is 38.1 Å². The van der Waals surface area contributed by atoms with E-state index >= 15 is 0 Å². The number of benzene rings is 1. The molecule has 2 atom stereocenters. The number of carbonyl (C=O) groups excluding carboxylic acids is 1. The zero-order valence-electron chi connectivity index (χ0n) is 10.2. The number of carbonyl (C=O) groups is 1. The average Bonchev–Trinajstić information content (AvgIpc) is 2.29. The van der Waals surface area contributed by atoms with Crippen molar-refractivity contribution in [2.75, 3.05) is 0 Å². The second-order valence-corrected chi connectivity index (χ2v) is 4.62. The third-order valence-electron chi connectivity index (χ3n) is 2.64. The number of hydrogen-bond donors (Lipinski definition) is 2. The molecule has 0 aliphatic heterocycles. The number of hydrogen-bond acceptors (Lipinski definition) is 2. The Hall–Kier alpha value is -1.06. The summed E-state index contributed by atoms with van der Waals surface area (Å²) in [6, 6.07) is 6.94. The Labute approximate surface area is 107 Å². The van der Waals surface area contributed by atoms with Crippen LogP contribution in [0, 0.1) is 0 Å². The van der Waals surface area contributed by atoms with Gasteiger partial charge >= 0.3 is 0 Å². The van der Waals surface area contributed by atoms with Gasteiger partial charge in [-0.15, -0.1) is 0 Å². The Morgan fingerprint density at radius 1 is 1.53 bits per heavy atom. The lowest BCUT2D eigenvalue weighted by molar-refractivity contribution is -0.123. The van der Waals surface area contributed by atoms with Crippen molar-refractivity contribution in [2.24, 2.45) is 5.73 Å². The van der Waals surface area contributed by atoms with Crippen LogP contribution < -0.4 is 11.1 Å². The van der Waals surface area contributed by atoms with Gasteiger partial charge in [-0.3, -0.25) is 4.79 Å². The Balaban J connectivity index is 2.60. The van der Waals surface area contributed by atoms with Crippen LogP contribution in [0.25, 0.3) is 0 Å². The summed E-state index contributed by atoms with van der Waals surface area (Å²) < 4.78 is 0. The zero-order chi connectivity index (χ0) is 12.8. The van der Waals surface area contributed by atoms with Gasteiger partial charge in [0, 0.05) is 5.02 Å². The Bertz CT molecular complexity index is 381. The Morgan fingerprint density at radius 3 is 2.82 bits per heavy atom. The fourth-order valence-electron chi connectivity index (χ4n) is 1.62. The first-order valence-electron chi connectivity index (χ1n) is 5.86. The number of halogens is 1. The highest BCUT2D eigenvalue weighted by molar-refractivity contribution is 6.30. The molecule has 0 fully saturated rings. The van der Waals surface area contributed by atoms with Crippen LogP contribution in [0.5, 0.6) is 0 Å². The van der Waals surface area contributed by atoms with Crippen molar-refractivity contribution >= 4 is 17.5 Å². The van der Waals surface area contributed by atoms with Crippen molar-refractivity contribution in [1.82, 2.24) is 5.32 Å². The van der Waals surface area contributed by atoms with Crippen LogP contribution in [0.1, 0.15) is 38.3 Å². The van der Waals surface area contributed by atoms with Crippen LogP contribution in [0.3, 0.4) is 0 Å². The summed E-state index contributed by atoms with van der Waals surface area (Å²) in [7, 11) is 0. The van der Waals surface area contributed by atoms with Crippen molar-refractivity contribution in [3.8, 4) is 0 Å². The summed E-state index contributed by atoms with van der Waals surface area (Å²) in [4.78, 5) is 11.7. The van der Waals surface area contributed by atoms with E-state index in [1.165, 1.54) is 0 Å². The fourth-order valence-corrected chi connectivity index (χ4v) is 1.82. The molecular weight excluding hydrogens is 236 g/mol. The summed E-state index contributed by atoms with van der Waals surface area (Å²) in [5, 5.41) is 3.55. The van der Waals surface area contributed by atoms with Gasteiger partial charge in [0.25, 0.3) is 0 Å². The molecule has 0 saturated carbocycles. The van der Waals surface area contributed by atoms with Gasteiger partial charge in [0.15, 0.2) is 0 Å². The highest BCUT2D eigenvalue weighted by Crippen LogP contribution is 2.17. The molecule has 0 spiro atoms. The Morgan fingerprint density at radius 2 is 2.24 bits per heavy atom. The molecule has 17 heavy (non-hydrogen) atoms. The molecule has 0 saturated heterocycles. The lowest BCUT2D eigenvalue weighted by atomic mass is 10.1. The second-order valence-electron chi connectivity index (χ2n) is 4.18. The number of nitrogens with one attached hydrogen (secondary N) is 1.